The monoisotopic (exact) mass is 236 g/mol. The first kappa shape index (κ1) is 14.4. The van der Waals surface area contributed by atoms with Crippen LogP contribution in [0.15, 0.2) is 0 Å². The third kappa shape index (κ3) is 2.96. The van der Waals surface area contributed by atoms with Gasteiger partial charge in [0.1, 0.15) is 5.12 Å². The van der Waals surface area contributed by atoms with Crippen molar-refractivity contribution in [3.05, 3.63) is 0 Å². The van der Waals surface area contributed by atoms with Crippen molar-refractivity contribution in [1.29, 1.82) is 0 Å². The first-order valence-corrected chi connectivity index (χ1v) is 7.58. The number of rotatable bonds is 7. The summed E-state index contributed by atoms with van der Waals surface area (Å²) in [5, 5.41) is -0.223. The van der Waals surface area contributed by atoms with E-state index in [0.29, 0.717) is 0 Å². The number of hydrogen-bond acceptors (Lipinski definition) is 2. The Morgan fingerprint density at radius 2 is 1.21 bits per heavy atom. The van der Waals surface area contributed by atoms with Gasteiger partial charge in [-0.25, -0.2) is 0 Å². The van der Waals surface area contributed by atoms with Crippen LogP contribution >= 0.6 is 11.6 Å². The Morgan fingerprint density at radius 1 is 0.929 bits per heavy atom. The van der Waals surface area contributed by atoms with E-state index in [0.717, 1.165) is 42.5 Å². The summed E-state index contributed by atoms with van der Waals surface area (Å²) in [6, 6.07) is 1.10. The van der Waals surface area contributed by atoms with E-state index in [4.69, 9.17) is 11.6 Å². The summed E-state index contributed by atoms with van der Waals surface area (Å²) in [4.78, 5) is 4.71. The Bertz CT molecular complexity index is 135. The fourth-order valence-corrected chi connectivity index (χ4v) is 3.44. The SMILES string of the molecule is CCN(CC)C(Cl)(C[SiH3])N(CC)CC. The lowest BCUT2D eigenvalue weighted by Crippen LogP contribution is -2.56. The maximum atomic E-state index is 6.74. The average Bonchev–Trinajstić information content (AvgIpc) is 2.21. The largest absolute Gasteiger partial charge is 0.273 e. The quantitative estimate of drug-likeness (QED) is 0.285. The molecule has 0 bridgehead atoms. The molecule has 0 radical (unpaired) electrons. The fourth-order valence-electron chi connectivity index (χ4n) is 2.06. The van der Waals surface area contributed by atoms with Crippen LogP contribution in [0, 0.1) is 0 Å². The zero-order valence-corrected chi connectivity index (χ0v) is 13.1. The molecule has 0 saturated carbocycles. The second-order valence-corrected chi connectivity index (χ2v) is 4.73. The molecule has 0 aromatic heterocycles. The molecule has 2 nitrogen and oxygen atoms in total. The van der Waals surface area contributed by atoms with Gasteiger partial charge in [-0.3, -0.25) is 9.80 Å². The Balaban J connectivity index is 4.72. The molecule has 0 atom stereocenters. The first-order valence-electron chi connectivity index (χ1n) is 5.79. The Morgan fingerprint density at radius 3 is 1.36 bits per heavy atom. The summed E-state index contributed by atoms with van der Waals surface area (Å²) in [5.41, 5.74) is 0. The zero-order chi connectivity index (χ0) is 11.2. The normalized spacial score (nSPS) is 13.1. The topological polar surface area (TPSA) is 6.48 Å². The van der Waals surface area contributed by atoms with Crippen LogP contribution in [-0.4, -0.2) is 51.3 Å². The third-order valence-electron chi connectivity index (χ3n) is 2.95. The lowest BCUT2D eigenvalue weighted by Gasteiger charge is -2.45. The van der Waals surface area contributed by atoms with Gasteiger partial charge in [-0.05, 0) is 32.2 Å². The van der Waals surface area contributed by atoms with E-state index in [2.05, 4.69) is 37.5 Å². The van der Waals surface area contributed by atoms with E-state index in [1.165, 1.54) is 0 Å². The van der Waals surface area contributed by atoms with Crippen LogP contribution in [0.1, 0.15) is 27.7 Å². The molecule has 0 rings (SSSR count). The summed E-state index contributed by atoms with van der Waals surface area (Å²) < 4.78 is 0. The molecule has 0 aromatic carbocycles. The van der Waals surface area contributed by atoms with E-state index >= 15 is 0 Å². The molecule has 0 aliphatic rings. The Labute approximate surface area is 97.0 Å². The molecule has 0 spiro atoms. The summed E-state index contributed by atoms with van der Waals surface area (Å²) in [6.07, 6.45) is 0. The standard InChI is InChI=1S/C10H25ClN2Si/c1-5-12(6-2)10(11,9-14)13(7-3)8-4/h5-9H2,1-4,14H3. The van der Waals surface area contributed by atoms with Gasteiger partial charge in [-0.2, -0.15) is 0 Å². The molecule has 0 aliphatic carbocycles. The van der Waals surface area contributed by atoms with E-state index in [9.17, 15) is 0 Å². The van der Waals surface area contributed by atoms with Crippen LogP contribution < -0.4 is 0 Å². The fraction of sp³-hybridized carbons (Fsp3) is 1.00. The second kappa shape index (κ2) is 6.83. The molecule has 0 fully saturated rings. The highest BCUT2D eigenvalue weighted by Crippen LogP contribution is 2.28. The summed E-state index contributed by atoms with van der Waals surface area (Å²) in [7, 11) is 1.15. The first-order chi connectivity index (χ1) is 6.60. The van der Waals surface area contributed by atoms with Gasteiger partial charge in [0.2, 0.25) is 0 Å². The highest BCUT2D eigenvalue weighted by molar-refractivity contribution is 6.27. The lowest BCUT2D eigenvalue weighted by molar-refractivity contribution is 0.0345. The van der Waals surface area contributed by atoms with Gasteiger partial charge in [-0.1, -0.05) is 39.3 Å². The summed E-state index contributed by atoms with van der Waals surface area (Å²) >= 11 is 6.74. The molecule has 86 valence electrons. The van der Waals surface area contributed by atoms with E-state index in [-0.39, 0.29) is 5.12 Å². The van der Waals surface area contributed by atoms with Crippen molar-refractivity contribution in [3.63, 3.8) is 0 Å². The maximum absolute atomic E-state index is 6.74. The van der Waals surface area contributed by atoms with Crippen LogP contribution in [0.2, 0.25) is 6.04 Å². The molecule has 4 heteroatoms. The van der Waals surface area contributed by atoms with Gasteiger partial charge in [0.15, 0.2) is 0 Å². The van der Waals surface area contributed by atoms with Crippen LogP contribution in [0.25, 0.3) is 0 Å². The predicted molar refractivity (Wildman–Crippen MR) is 69.2 cm³/mol. The van der Waals surface area contributed by atoms with E-state index in [1.807, 2.05) is 0 Å². The van der Waals surface area contributed by atoms with Gasteiger partial charge in [-0.15, -0.1) is 0 Å². The maximum Gasteiger partial charge on any atom is 0.148 e. The molecule has 14 heavy (non-hydrogen) atoms. The van der Waals surface area contributed by atoms with Crippen LogP contribution in [-0.2, 0) is 0 Å². The minimum absolute atomic E-state index is 0.223. The van der Waals surface area contributed by atoms with Gasteiger partial charge >= 0.3 is 0 Å². The van der Waals surface area contributed by atoms with E-state index in [1.54, 1.807) is 0 Å². The van der Waals surface area contributed by atoms with Crippen molar-refractivity contribution in [3.8, 4) is 0 Å². The molecule has 0 saturated heterocycles. The predicted octanol–water partition coefficient (Wildman–Crippen LogP) is 1.35. The number of nitrogens with zero attached hydrogens (tertiary/aromatic N) is 2. The molecule has 0 heterocycles. The highest BCUT2D eigenvalue weighted by Gasteiger charge is 2.35. The summed E-state index contributed by atoms with van der Waals surface area (Å²) in [5.74, 6) is 0. The van der Waals surface area contributed by atoms with Crippen molar-refractivity contribution in [2.45, 2.75) is 38.9 Å². The van der Waals surface area contributed by atoms with Crippen molar-refractivity contribution in [1.82, 2.24) is 9.80 Å². The molecular formula is C10H25ClN2Si. The second-order valence-electron chi connectivity index (χ2n) is 3.42. The van der Waals surface area contributed by atoms with Crippen LogP contribution in [0.5, 0.6) is 0 Å². The van der Waals surface area contributed by atoms with Crippen molar-refractivity contribution in [2.75, 3.05) is 26.2 Å². The minimum Gasteiger partial charge on any atom is -0.273 e. The smallest absolute Gasteiger partial charge is 0.148 e. The summed E-state index contributed by atoms with van der Waals surface area (Å²) in [6.45, 7) is 12.8. The molecule has 0 unspecified atom stereocenters. The Kier molecular flexibility index (Phi) is 7.04. The highest BCUT2D eigenvalue weighted by atomic mass is 35.5. The van der Waals surface area contributed by atoms with Gasteiger partial charge in [0, 0.05) is 10.2 Å². The molecule has 0 amide bonds. The van der Waals surface area contributed by atoms with Crippen LogP contribution in [0.3, 0.4) is 0 Å². The van der Waals surface area contributed by atoms with Gasteiger partial charge < -0.3 is 0 Å². The van der Waals surface area contributed by atoms with Crippen molar-refractivity contribution >= 4 is 21.8 Å². The molecule has 0 N–H and O–H groups in total. The minimum atomic E-state index is -0.223. The number of halogens is 1. The number of alkyl halides is 1. The molecule has 0 aliphatic heterocycles. The van der Waals surface area contributed by atoms with Crippen molar-refractivity contribution < 1.29 is 0 Å². The lowest BCUT2D eigenvalue weighted by atomic mass is 10.3. The average molecular weight is 237 g/mol. The zero-order valence-electron chi connectivity index (χ0n) is 10.3. The van der Waals surface area contributed by atoms with Gasteiger partial charge in [0.05, 0.1) is 0 Å². The van der Waals surface area contributed by atoms with Gasteiger partial charge in [0.25, 0.3) is 0 Å². The molecular weight excluding hydrogens is 212 g/mol. The third-order valence-corrected chi connectivity index (χ3v) is 5.13. The Hall–Kier alpha value is 0.427. The van der Waals surface area contributed by atoms with Crippen molar-refractivity contribution in [2.24, 2.45) is 0 Å². The van der Waals surface area contributed by atoms with Crippen LogP contribution in [0.4, 0.5) is 0 Å². The number of hydrogen-bond donors (Lipinski definition) is 0. The molecule has 0 aromatic rings. The van der Waals surface area contributed by atoms with E-state index < -0.39 is 0 Å².